The highest BCUT2D eigenvalue weighted by Crippen LogP contribution is 2.45. The Bertz CT molecular complexity index is 1380. The molecule has 10 heteroatoms. The summed E-state index contributed by atoms with van der Waals surface area (Å²) in [7, 11) is 4.80. The molecule has 0 unspecified atom stereocenters. The van der Waals surface area contributed by atoms with Crippen LogP contribution in [0.2, 0.25) is 5.02 Å². The van der Waals surface area contributed by atoms with Crippen molar-refractivity contribution in [3.05, 3.63) is 82.6 Å². The number of methoxy groups -OCH3 is 2. The second-order valence-corrected chi connectivity index (χ2v) is 10.8. The van der Waals surface area contributed by atoms with Gasteiger partial charge in [-0.1, -0.05) is 23.7 Å². The predicted octanol–water partition coefficient (Wildman–Crippen LogP) is 3.99. The van der Waals surface area contributed by atoms with E-state index >= 15 is 0 Å². The van der Waals surface area contributed by atoms with E-state index in [1.54, 1.807) is 43.6 Å². The van der Waals surface area contributed by atoms with Gasteiger partial charge in [0.25, 0.3) is 5.91 Å². The number of carbonyl (C=O) groups is 2. The Morgan fingerprint density at radius 1 is 1.05 bits per heavy atom. The Morgan fingerprint density at radius 2 is 1.80 bits per heavy atom. The number of ether oxygens (including phenoxy) is 2. The number of nitrogens with one attached hydrogen (secondary N) is 1. The number of likely N-dealkylation sites (N-methyl/N-ethyl adjacent to an activating group) is 1. The third-order valence-electron chi connectivity index (χ3n) is 7.98. The lowest BCUT2D eigenvalue weighted by Crippen LogP contribution is -2.47. The number of halogens is 1. The van der Waals surface area contributed by atoms with Crippen molar-refractivity contribution in [1.29, 1.82) is 0 Å². The van der Waals surface area contributed by atoms with E-state index in [0.29, 0.717) is 29.2 Å². The molecule has 1 fully saturated rings. The molecule has 2 aliphatic rings. The maximum absolute atomic E-state index is 13.9. The molecule has 0 bridgehead atoms. The third-order valence-corrected chi connectivity index (χ3v) is 8.21. The Labute approximate surface area is 246 Å². The first-order valence-corrected chi connectivity index (χ1v) is 14.2. The first kappa shape index (κ1) is 28.7. The summed E-state index contributed by atoms with van der Waals surface area (Å²) in [5, 5.41) is 3.90. The quantitative estimate of drug-likeness (QED) is 0.385. The van der Waals surface area contributed by atoms with Crippen LogP contribution in [0.4, 0.5) is 5.69 Å². The van der Waals surface area contributed by atoms with Gasteiger partial charge in [-0.3, -0.25) is 19.5 Å². The minimum atomic E-state index is -0.641. The molecular formula is C31H36ClN5O4. The zero-order valence-electron chi connectivity index (χ0n) is 23.7. The molecule has 2 amide bonds. The number of amides is 2. The fourth-order valence-corrected chi connectivity index (χ4v) is 6.01. The van der Waals surface area contributed by atoms with Crippen LogP contribution in [0.25, 0.3) is 0 Å². The van der Waals surface area contributed by atoms with Gasteiger partial charge in [0, 0.05) is 68.4 Å². The number of aromatic nitrogens is 1. The predicted molar refractivity (Wildman–Crippen MR) is 159 cm³/mol. The molecule has 0 saturated carbocycles. The minimum Gasteiger partial charge on any atom is -0.493 e. The topological polar surface area (TPSA) is 87.2 Å². The van der Waals surface area contributed by atoms with Crippen molar-refractivity contribution < 1.29 is 19.1 Å². The highest BCUT2D eigenvalue weighted by Gasteiger charge is 2.43. The van der Waals surface area contributed by atoms with E-state index < -0.39 is 12.0 Å². The molecule has 0 radical (unpaired) electrons. The summed E-state index contributed by atoms with van der Waals surface area (Å²) in [5.74, 6) is -0.0446. The molecule has 1 saturated heterocycles. The van der Waals surface area contributed by atoms with E-state index in [4.69, 9.17) is 21.1 Å². The Hall–Kier alpha value is -3.82. The number of rotatable bonds is 9. The summed E-state index contributed by atoms with van der Waals surface area (Å²) in [5.41, 5.74) is 3.00. The molecular weight excluding hydrogens is 542 g/mol. The van der Waals surface area contributed by atoms with Crippen LogP contribution < -0.4 is 19.7 Å². The lowest BCUT2D eigenvalue weighted by atomic mass is 9.79. The SMILES string of the molecule is COc1cc2c(cc1OC)[C@H](C(=O)NCCCN1CCN(c3cccc(Cl)c3)CC1)[C@@H](c1cccnc1)N(C)C2=O. The molecule has 5 rings (SSSR count). The number of pyridine rings is 1. The molecule has 2 aliphatic heterocycles. The van der Waals surface area contributed by atoms with Crippen molar-refractivity contribution >= 4 is 29.1 Å². The summed E-state index contributed by atoms with van der Waals surface area (Å²) in [6.45, 7) is 5.19. The molecule has 3 heterocycles. The number of piperazine rings is 1. The summed E-state index contributed by atoms with van der Waals surface area (Å²) in [6.07, 6.45) is 4.21. The van der Waals surface area contributed by atoms with Crippen molar-refractivity contribution in [3.8, 4) is 11.5 Å². The second kappa shape index (κ2) is 12.8. The van der Waals surface area contributed by atoms with Crippen molar-refractivity contribution in [2.45, 2.75) is 18.4 Å². The van der Waals surface area contributed by atoms with Crippen LogP contribution in [-0.4, -0.2) is 87.1 Å². The van der Waals surface area contributed by atoms with Gasteiger partial charge in [0.2, 0.25) is 5.91 Å². The average Bonchev–Trinajstić information content (AvgIpc) is 3.00. The molecule has 1 N–H and O–H groups in total. The lowest BCUT2D eigenvalue weighted by Gasteiger charge is -2.40. The maximum atomic E-state index is 13.9. The van der Waals surface area contributed by atoms with E-state index in [2.05, 4.69) is 26.2 Å². The van der Waals surface area contributed by atoms with Crippen LogP contribution in [0.5, 0.6) is 11.5 Å². The molecule has 0 spiro atoms. The van der Waals surface area contributed by atoms with E-state index in [1.807, 2.05) is 30.3 Å². The van der Waals surface area contributed by atoms with E-state index in [0.717, 1.165) is 55.4 Å². The van der Waals surface area contributed by atoms with Crippen molar-refractivity contribution in [3.63, 3.8) is 0 Å². The Morgan fingerprint density at radius 3 is 2.49 bits per heavy atom. The van der Waals surface area contributed by atoms with Gasteiger partial charge in [-0.2, -0.15) is 0 Å². The van der Waals surface area contributed by atoms with E-state index in [9.17, 15) is 9.59 Å². The van der Waals surface area contributed by atoms with Crippen LogP contribution in [0, 0.1) is 0 Å². The van der Waals surface area contributed by atoms with Gasteiger partial charge in [-0.25, -0.2) is 0 Å². The summed E-state index contributed by atoms with van der Waals surface area (Å²) < 4.78 is 11.0. The van der Waals surface area contributed by atoms with E-state index in [-0.39, 0.29) is 11.8 Å². The van der Waals surface area contributed by atoms with Gasteiger partial charge in [0.05, 0.1) is 26.2 Å². The van der Waals surface area contributed by atoms with Crippen LogP contribution in [0.15, 0.2) is 60.9 Å². The zero-order valence-corrected chi connectivity index (χ0v) is 24.4. The number of hydrogen-bond acceptors (Lipinski definition) is 7. The Balaban J connectivity index is 1.26. The molecule has 3 aromatic rings. The molecule has 9 nitrogen and oxygen atoms in total. The van der Waals surface area contributed by atoms with Crippen molar-refractivity contribution in [2.75, 3.05) is 65.4 Å². The highest BCUT2D eigenvalue weighted by molar-refractivity contribution is 6.30. The number of fused-ring (bicyclic) bond motifs is 1. The summed E-state index contributed by atoms with van der Waals surface area (Å²) >= 11 is 6.17. The standard InChI is InChI=1S/C31H36ClN5O4/c1-35-29(21-7-5-10-33-20-21)28(24-18-26(40-2)27(41-3)19-25(24)31(35)39)30(38)34-11-6-12-36-13-15-37(16-14-36)23-9-4-8-22(32)17-23/h4-5,7-10,17-20,28-29H,6,11-16H2,1-3H3,(H,34,38)/t28-,29+/m0/s1. The van der Waals surface area contributed by atoms with Gasteiger partial charge >= 0.3 is 0 Å². The molecule has 216 valence electrons. The van der Waals surface area contributed by atoms with Crippen molar-refractivity contribution in [1.82, 2.24) is 20.1 Å². The highest BCUT2D eigenvalue weighted by atomic mass is 35.5. The zero-order chi connectivity index (χ0) is 28.9. The lowest BCUT2D eigenvalue weighted by molar-refractivity contribution is -0.124. The molecule has 41 heavy (non-hydrogen) atoms. The fraction of sp³-hybridized carbons (Fsp3) is 0.387. The molecule has 1 aromatic heterocycles. The van der Waals surface area contributed by atoms with Gasteiger partial charge in [-0.05, 0) is 60.5 Å². The molecule has 2 atom stereocenters. The van der Waals surface area contributed by atoms with Crippen LogP contribution in [0.3, 0.4) is 0 Å². The monoisotopic (exact) mass is 577 g/mol. The van der Waals surface area contributed by atoms with Gasteiger partial charge in [0.15, 0.2) is 11.5 Å². The van der Waals surface area contributed by atoms with Gasteiger partial charge < -0.3 is 24.6 Å². The minimum absolute atomic E-state index is 0.141. The van der Waals surface area contributed by atoms with Gasteiger partial charge in [0.1, 0.15) is 0 Å². The van der Waals surface area contributed by atoms with Crippen molar-refractivity contribution in [2.24, 2.45) is 0 Å². The Kier molecular flexibility index (Phi) is 8.95. The van der Waals surface area contributed by atoms with Gasteiger partial charge in [-0.15, -0.1) is 0 Å². The average molecular weight is 578 g/mol. The van der Waals surface area contributed by atoms with Crippen LogP contribution >= 0.6 is 11.6 Å². The van der Waals surface area contributed by atoms with E-state index in [1.165, 1.54) is 7.11 Å². The maximum Gasteiger partial charge on any atom is 0.254 e. The number of carbonyl (C=O) groups excluding carboxylic acids is 2. The first-order valence-electron chi connectivity index (χ1n) is 13.8. The normalized spacial score (nSPS) is 19.1. The first-order chi connectivity index (χ1) is 19.9. The summed E-state index contributed by atoms with van der Waals surface area (Å²) in [4.78, 5) is 38.0. The second-order valence-electron chi connectivity index (χ2n) is 10.4. The third kappa shape index (κ3) is 6.11. The largest absolute Gasteiger partial charge is 0.493 e. The van der Waals surface area contributed by atoms with Crippen LogP contribution in [0.1, 0.15) is 39.9 Å². The fourth-order valence-electron chi connectivity index (χ4n) is 5.83. The number of hydrogen-bond donors (Lipinski definition) is 1. The number of benzene rings is 2. The molecule has 2 aromatic carbocycles. The smallest absolute Gasteiger partial charge is 0.254 e. The molecule has 0 aliphatic carbocycles. The summed E-state index contributed by atoms with van der Waals surface area (Å²) in [6, 6.07) is 14.6. The number of anilines is 1. The number of nitrogens with zero attached hydrogens (tertiary/aromatic N) is 4. The van der Waals surface area contributed by atoms with Crippen LogP contribution in [-0.2, 0) is 4.79 Å².